The first-order chi connectivity index (χ1) is 13.9. The highest BCUT2D eigenvalue weighted by Crippen LogP contribution is 2.17. The second-order valence-corrected chi connectivity index (χ2v) is 7.37. The predicted octanol–water partition coefficient (Wildman–Crippen LogP) is 2.97. The van der Waals surface area contributed by atoms with E-state index >= 15 is 0 Å². The lowest BCUT2D eigenvalue weighted by Gasteiger charge is -2.10. The second-order valence-electron chi connectivity index (χ2n) is 7.37. The van der Waals surface area contributed by atoms with Crippen LogP contribution in [0.4, 0.5) is 5.95 Å². The second kappa shape index (κ2) is 8.72. The largest absolute Gasteiger partial charge is 0.329 e. The summed E-state index contributed by atoms with van der Waals surface area (Å²) < 4.78 is 3.12. The van der Waals surface area contributed by atoms with Crippen molar-refractivity contribution < 1.29 is 0 Å². The van der Waals surface area contributed by atoms with Crippen LogP contribution in [0.5, 0.6) is 0 Å². The molecule has 3 aromatic rings. The normalized spacial score (nSPS) is 12.4. The standard InChI is InChI=1S/C21H26N6O2/c1-14(2)12-13-27-17-18(26(4)21(29)23-19(17)28)22-20(27)25-24-15(3)10-11-16-8-6-5-7-9-16/h5-11,14H,12-13H2,1-4H3,(H,22,25)(H,23,28,29). The van der Waals surface area contributed by atoms with Gasteiger partial charge in [0.25, 0.3) is 5.56 Å². The van der Waals surface area contributed by atoms with E-state index in [2.05, 4.69) is 34.3 Å². The minimum Gasteiger partial charge on any atom is -0.303 e. The minimum absolute atomic E-state index is 0.331. The maximum atomic E-state index is 12.4. The zero-order chi connectivity index (χ0) is 21.0. The van der Waals surface area contributed by atoms with Gasteiger partial charge in [0.15, 0.2) is 11.2 Å². The minimum atomic E-state index is -0.493. The molecule has 0 aliphatic heterocycles. The summed E-state index contributed by atoms with van der Waals surface area (Å²) in [6.07, 6.45) is 4.72. The fourth-order valence-corrected chi connectivity index (χ4v) is 2.88. The van der Waals surface area contributed by atoms with E-state index < -0.39 is 11.2 Å². The molecular formula is C21H26N6O2. The van der Waals surface area contributed by atoms with Gasteiger partial charge >= 0.3 is 5.69 Å². The van der Waals surface area contributed by atoms with Crippen molar-refractivity contribution in [2.75, 3.05) is 5.43 Å². The van der Waals surface area contributed by atoms with E-state index in [1.165, 1.54) is 4.57 Å². The first-order valence-corrected chi connectivity index (χ1v) is 9.59. The maximum Gasteiger partial charge on any atom is 0.329 e. The van der Waals surface area contributed by atoms with Crippen molar-refractivity contribution in [3.05, 3.63) is 62.8 Å². The number of imidazole rings is 1. The molecule has 0 unspecified atom stereocenters. The van der Waals surface area contributed by atoms with Crippen LogP contribution in [0.3, 0.4) is 0 Å². The van der Waals surface area contributed by atoms with Crippen LogP contribution >= 0.6 is 0 Å². The van der Waals surface area contributed by atoms with Gasteiger partial charge in [0.2, 0.25) is 5.95 Å². The van der Waals surface area contributed by atoms with Crippen LogP contribution in [-0.2, 0) is 13.6 Å². The third-order valence-electron chi connectivity index (χ3n) is 4.59. The van der Waals surface area contributed by atoms with Crippen molar-refractivity contribution in [1.82, 2.24) is 19.1 Å². The summed E-state index contributed by atoms with van der Waals surface area (Å²) in [7, 11) is 1.58. The number of rotatable bonds is 7. The van der Waals surface area contributed by atoms with E-state index in [-0.39, 0.29) is 0 Å². The number of H-pyrrole nitrogens is 1. The molecule has 8 nitrogen and oxygen atoms in total. The molecule has 0 saturated carbocycles. The van der Waals surface area contributed by atoms with Gasteiger partial charge in [-0.3, -0.25) is 14.3 Å². The average molecular weight is 394 g/mol. The highest BCUT2D eigenvalue weighted by Gasteiger charge is 2.17. The molecule has 2 heterocycles. The zero-order valence-corrected chi connectivity index (χ0v) is 17.1. The van der Waals surface area contributed by atoms with Gasteiger partial charge in [-0.1, -0.05) is 50.3 Å². The van der Waals surface area contributed by atoms with Crippen LogP contribution in [0.25, 0.3) is 17.2 Å². The highest BCUT2D eigenvalue weighted by molar-refractivity contribution is 5.96. The zero-order valence-electron chi connectivity index (χ0n) is 17.1. The first kappa shape index (κ1) is 20.3. The van der Waals surface area contributed by atoms with Crippen LogP contribution in [-0.4, -0.2) is 24.8 Å². The van der Waals surface area contributed by atoms with Crippen molar-refractivity contribution >= 4 is 28.9 Å². The maximum absolute atomic E-state index is 12.4. The molecule has 152 valence electrons. The van der Waals surface area contributed by atoms with E-state index in [9.17, 15) is 9.59 Å². The molecule has 0 atom stereocenters. The third-order valence-corrected chi connectivity index (χ3v) is 4.59. The number of aryl methyl sites for hydroxylation is 2. The lowest BCUT2D eigenvalue weighted by Crippen LogP contribution is -2.29. The van der Waals surface area contributed by atoms with Crippen LogP contribution in [0, 0.1) is 5.92 Å². The molecule has 0 bridgehead atoms. The molecule has 0 aliphatic carbocycles. The van der Waals surface area contributed by atoms with Gasteiger partial charge in [0.1, 0.15) is 0 Å². The summed E-state index contributed by atoms with van der Waals surface area (Å²) in [5.41, 5.74) is 4.54. The van der Waals surface area contributed by atoms with Gasteiger partial charge in [-0.2, -0.15) is 10.1 Å². The number of fused-ring (bicyclic) bond motifs is 1. The van der Waals surface area contributed by atoms with Crippen LogP contribution in [0.15, 0.2) is 51.1 Å². The molecule has 8 heteroatoms. The van der Waals surface area contributed by atoms with Crippen molar-refractivity contribution in [3.8, 4) is 0 Å². The van der Waals surface area contributed by atoms with Crippen molar-refractivity contribution in [1.29, 1.82) is 0 Å². The number of aromatic nitrogens is 4. The molecular weight excluding hydrogens is 368 g/mol. The van der Waals surface area contributed by atoms with Gasteiger partial charge in [-0.25, -0.2) is 10.2 Å². The van der Waals surface area contributed by atoms with E-state index in [1.54, 1.807) is 11.6 Å². The number of allylic oxidation sites excluding steroid dienone is 1. The summed E-state index contributed by atoms with van der Waals surface area (Å²) in [4.78, 5) is 31.2. The molecule has 29 heavy (non-hydrogen) atoms. The molecule has 0 aliphatic rings. The molecule has 3 rings (SSSR count). The summed E-state index contributed by atoms with van der Waals surface area (Å²) in [6.45, 7) is 6.69. The molecule has 0 radical (unpaired) electrons. The Bertz CT molecular complexity index is 1170. The molecule has 0 saturated heterocycles. The monoisotopic (exact) mass is 394 g/mol. The molecule has 0 fully saturated rings. The number of hydrogen-bond acceptors (Lipinski definition) is 5. The number of nitrogens with one attached hydrogen (secondary N) is 2. The number of hydrogen-bond donors (Lipinski definition) is 2. The topological polar surface area (TPSA) is 97.1 Å². The van der Waals surface area contributed by atoms with Crippen LogP contribution in [0.2, 0.25) is 0 Å². The fourth-order valence-electron chi connectivity index (χ4n) is 2.88. The Morgan fingerprint density at radius 1 is 1.28 bits per heavy atom. The van der Waals surface area contributed by atoms with Gasteiger partial charge in [0, 0.05) is 13.6 Å². The molecule has 1 aromatic carbocycles. The van der Waals surface area contributed by atoms with E-state index in [4.69, 9.17) is 0 Å². The number of aromatic amines is 1. The third kappa shape index (κ3) is 4.71. The van der Waals surface area contributed by atoms with Gasteiger partial charge < -0.3 is 4.57 Å². The van der Waals surface area contributed by atoms with Crippen LogP contribution in [0.1, 0.15) is 32.8 Å². The summed E-state index contributed by atoms with van der Waals surface area (Å²) in [5.74, 6) is 0.880. The number of anilines is 1. The Morgan fingerprint density at radius 3 is 2.69 bits per heavy atom. The Kier molecular flexibility index (Phi) is 6.11. The average Bonchev–Trinajstić information content (AvgIpc) is 3.07. The highest BCUT2D eigenvalue weighted by atomic mass is 16.2. The predicted molar refractivity (Wildman–Crippen MR) is 117 cm³/mol. The lowest BCUT2D eigenvalue weighted by atomic mass is 10.1. The van der Waals surface area contributed by atoms with E-state index in [0.29, 0.717) is 29.6 Å². The van der Waals surface area contributed by atoms with E-state index in [0.717, 1.165) is 17.7 Å². The molecule has 0 spiro atoms. The Labute approximate surface area is 168 Å². The quantitative estimate of drug-likeness (QED) is 0.475. The summed E-state index contributed by atoms with van der Waals surface area (Å²) in [6, 6.07) is 9.94. The number of benzene rings is 1. The number of hydrazone groups is 1. The Hall–Kier alpha value is -3.42. The molecule has 0 amide bonds. The summed E-state index contributed by atoms with van der Waals surface area (Å²) >= 11 is 0. The molecule has 2 aromatic heterocycles. The Balaban J connectivity index is 1.95. The SMILES string of the molecule is CC(C=Cc1ccccc1)=NNc1nc2c(c(=O)[nH]c(=O)n2C)n1CCC(C)C. The van der Waals surface area contributed by atoms with Gasteiger partial charge in [-0.15, -0.1) is 0 Å². The van der Waals surface area contributed by atoms with E-state index in [1.807, 2.05) is 49.4 Å². The fraction of sp³-hybridized carbons (Fsp3) is 0.333. The van der Waals surface area contributed by atoms with Crippen molar-refractivity contribution in [2.45, 2.75) is 33.7 Å². The lowest BCUT2D eigenvalue weighted by molar-refractivity contribution is 0.524. The van der Waals surface area contributed by atoms with Gasteiger partial charge in [-0.05, 0) is 30.9 Å². The van der Waals surface area contributed by atoms with Crippen LogP contribution < -0.4 is 16.7 Å². The summed E-state index contributed by atoms with van der Waals surface area (Å²) in [5, 5.41) is 4.37. The Morgan fingerprint density at radius 2 is 2.00 bits per heavy atom. The van der Waals surface area contributed by atoms with Crippen molar-refractivity contribution in [3.63, 3.8) is 0 Å². The number of nitrogens with zero attached hydrogens (tertiary/aromatic N) is 4. The smallest absolute Gasteiger partial charge is 0.303 e. The first-order valence-electron chi connectivity index (χ1n) is 9.59. The van der Waals surface area contributed by atoms with Gasteiger partial charge in [0.05, 0.1) is 5.71 Å². The molecule has 2 N–H and O–H groups in total. The van der Waals surface area contributed by atoms with Crippen molar-refractivity contribution in [2.24, 2.45) is 18.1 Å².